The highest BCUT2D eigenvalue weighted by Gasteiger charge is 2.17. The van der Waals surface area contributed by atoms with Gasteiger partial charge in [-0.3, -0.25) is 20.4 Å². The van der Waals surface area contributed by atoms with E-state index in [2.05, 4.69) is 25.9 Å². The lowest BCUT2D eigenvalue weighted by Gasteiger charge is -2.11. The summed E-state index contributed by atoms with van der Waals surface area (Å²) < 4.78 is 14.7. The van der Waals surface area contributed by atoms with Gasteiger partial charge in [0.05, 0.1) is 11.3 Å². The lowest BCUT2D eigenvalue weighted by Crippen LogP contribution is -2.42. The summed E-state index contributed by atoms with van der Waals surface area (Å²) in [6.45, 7) is 3.66. The predicted octanol–water partition coefficient (Wildman–Crippen LogP) is 3.33. The highest BCUT2D eigenvalue weighted by atomic mass is 32.2. The Balaban J connectivity index is 1.41. The Morgan fingerprint density at radius 1 is 1.09 bits per heavy atom. The van der Waals surface area contributed by atoms with Crippen molar-refractivity contribution < 1.29 is 14.0 Å². The highest BCUT2D eigenvalue weighted by molar-refractivity contribution is 7.98. The largest absolute Gasteiger partial charge is 0.279 e. The molecule has 0 fully saturated rings. The molecule has 164 valence electrons. The third kappa shape index (κ3) is 4.48. The summed E-state index contributed by atoms with van der Waals surface area (Å²) >= 11 is 2.66. The van der Waals surface area contributed by atoms with E-state index < -0.39 is 5.91 Å². The number of aryl methyl sites for hydroxylation is 2. The van der Waals surface area contributed by atoms with E-state index in [4.69, 9.17) is 0 Å². The van der Waals surface area contributed by atoms with Crippen LogP contribution in [0, 0.1) is 19.7 Å². The van der Waals surface area contributed by atoms with Crippen LogP contribution in [0.4, 0.5) is 4.39 Å². The lowest BCUT2D eigenvalue weighted by molar-refractivity contribution is -0.121. The van der Waals surface area contributed by atoms with Gasteiger partial charge in [0.2, 0.25) is 11.1 Å². The molecule has 1 aromatic carbocycles. The summed E-state index contributed by atoms with van der Waals surface area (Å²) in [5.41, 5.74) is 7.86. The SMILES string of the molecule is CSc1nc2nc(C)c(CC(=O)NNC(=O)c3ccc(-c4ccc(F)cc4)s3)c(C)n2n1. The molecule has 2 amide bonds. The van der Waals surface area contributed by atoms with Crippen LogP contribution >= 0.6 is 23.1 Å². The first kappa shape index (κ1) is 21.9. The van der Waals surface area contributed by atoms with Crippen LogP contribution in [0.2, 0.25) is 0 Å². The number of hydrogen-bond acceptors (Lipinski definition) is 7. The van der Waals surface area contributed by atoms with E-state index in [9.17, 15) is 14.0 Å². The van der Waals surface area contributed by atoms with E-state index >= 15 is 0 Å². The van der Waals surface area contributed by atoms with Gasteiger partial charge in [-0.1, -0.05) is 23.9 Å². The van der Waals surface area contributed by atoms with Gasteiger partial charge >= 0.3 is 0 Å². The molecular weight excluding hydrogens is 451 g/mol. The first-order chi connectivity index (χ1) is 15.4. The fourth-order valence-corrected chi connectivity index (χ4v) is 4.40. The van der Waals surface area contributed by atoms with Gasteiger partial charge in [-0.25, -0.2) is 13.9 Å². The van der Waals surface area contributed by atoms with Crippen molar-refractivity contribution in [3.63, 3.8) is 0 Å². The second kappa shape index (κ2) is 9.05. The van der Waals surface area contributed by atoms with Crippen LogP contribution in [0.15, 0.2) is 41.6 Å². The zero-order valence-corrected chi connectivity index (χ0v) is 19.1. The summed E-state index contributed by atoms with van der Waals surface area (Å²) in [5.74, 6) is -0.651. The van der Waals surface area contributed by atoms with E-state index in [0.717, 1.165) is 21.7 Å². The second-order valence-corrected chi connectivity index (χ2v) is 8.78. The zero-order chi connectivity index (χ0) is 22.8. The number of carbonyl (C=O) groups is 2. The number of amides is 2. The van der Waals surface area contributed by atoms with Gasteiger partial charge in [0.25, 0.3) is 11.7 Å². The standard InChI is InChI=1S/C21H19FN6O2S2/c1-11-15(12(2)28-20(23-11)24-21(27-28)31-3)10-18(29)25-26-19(30)17-9-8-16(32-17)13-4-6-14(22)7-5-13/h4-9H,10H2,1-3H3,(H,25,29)(H,26,30). The van der Waals surface area contributed by atoms with Crippen molar-refractivity contribution in [1.82, 2.24) is 30.4 Å². The quantitative estimate of drug-likeness (QED) is 0.343. The van der Waals surface area contributed by atoms with E-state index in [-0.39, 0.29) is 18.1 Å². The number of rotatable bonds is 5. The number of thiophene rings is 1. The minimum Gasteiger partial charge on any atom is -0.273 e. The van der Waals surface area contributed by atoms with Gasteiger partial charge in [0.15, 0.2) is 0 Å². The van der Waals surface area contributed by atoms with Crippen molar-refractivity contribution in [1.29, 1.82) is 0 Å². The van der Waals surface area contributed by atoms with Crippen LogP contribution in [-0.2, 0) is 11.2 Å². The van der Waals surface area contributed by atoms with Crippen LogP contribution < -0.4 is 10.9 Å². The summed E-state index contributed by atoms with van der Waals surface area (Å²) in [6, 6.07) is 9.47. The van der Waals surface area contributed by atoms with Crippen LogP contribution in [-0.4, -0.2) is 37.7 Å². The monoisotopic (exact) mass is 470 g/mol. The van der Waals surface area contributed by atoms with Gasteiger partial charge in [-0.2, -0.15) is 4.98 Å². The Kier molecular flexibility index (Phi) is 6.19. The average molecular weight is 471 g/mol. The minimum absolute atomic E-state index is 0.0284. The van der Waals surface area contributed by atoms with E-state index in [0.29, 0.717) is 21.5 Å². The topological polar surface area (TPSA) is 101 Å². The van der Waals surface area contributed by atoms with Crippen molar-refractivity contribution in [2.45, 2.75) is 25.4 Å². The van der Waals surface area contributed by atoms with E-state index in [1.165, 1.54) is 35.2 Å². The van der Waals surface area contributed by atoms with E-state index in [1.54, 1.807) is 28.8 Å². The molecule has 0 bridgehead atoms. The van der Waals surface area contributed by atoms with Crippen LogP contribution in [0.5, 0.6) is 0 Å². The van der Waals surface area contributed by atoms with Crippen LogP contribution in [0.1, 0.15) is 26.6 Å². The number of nitrogens with zero attached hydrogens (tertiary/aromatic N) is 4. The Labute approximate surface area is 191 Å². The molecule has 0 aliphatic carbocycles. The molecule has 4 aromatic rings. The third-order valence-corrected chi connectivity index (χ3v) is 6.49. The molecular formula is C21H19FN6O2S2. The minimum atomic E-state index is -0.431. The number of hydrazine groups is 1. The maximum atomic E-state index is 13.1. The van der Waals surface area contributed by atoms with Crippen LogP contribution in [0.25, 0.3) is 16.2 Å². The van der Waals surface area contributed by atoms with Crippen LogP contribution in [0.3, 0.4) is 0 Å². The van der Waals surface area contributed by atoms with Gasteiger partial charge in [-0.05, 0) is 49.9 Å². The number of benzene rings is 1. The number of fused-ring (bicyclic) bond motifs is 1. The van der Waals surface area contributed by atoms with E-state index in [1.807, 2.05) is 20.1 Å². The van der Waals surface area contributed by atoms with Gasteiger partial charge < -0.3 is 0 Å². The molecule has 11 heteroatoms. The average Bonchev–Trinajstić information content (AvgIpc) is 3.43. The second-order valence-electron chi connectivity index (χ2n) is 6.92. The molecule has 32 heavy (non-hydrogen) atoms. The van der Waals surface area contributed by atoms with Crippen molar-refractivity contribution in [3.8, 4) is 10.4 Å². The molecule has 3 aromatic heterocycles. The first-order valence-electron chi connectivity index (χ1n) is 9.57. The number of aromatic nitrogens is 4. The zero-order valence-electron chi connectivity index (χ0n) is 17.5. The van der Waals surface area contributed by atoms with Crippen molar-refractivity contribution >= 4 is 40.7 Å². The molecule has 0 atom stereocenters. The third-order valence-electron chi connectivity index (χ3n) is 4.82. The fourth-order valence-electron chi connectivity index (χ4n) is 3.15. The molecule has 8 nitrogen and oxygen atoms in total. The Morgan fingerprint density at radius 3 is 2.56 bits per heavy atom. The maximum Gasteiger partial charge on any atom is 0.279 e. The summed E-state index contributed by atoms with van der Waals surface area (Å²) in [5, 5.41) is 4.97. The van der Waals surface area contributed by atoms with Crippen molar-refractivity contribution in [2.24, 2.45) is 0 Å². The molecule has 0 aliphatic rings. The van der Waals surface area contributed by atoms with Crippen molar-refractivity contribution in [3.05, 3.63) is 64.0 Å². The normalized spacial score (nSPS) is 11.0. The first-order valence-corrected chi connectivity index (χ1v) is 11.6. The molecule has 0 unspecified atom stereocenters. The predicted molar refractivity (Wildman–Crippen MR) is 121 cm³/mol. The summed E-state index contributed by atoms with van der Waals surface area (Å²) in [6.07, 6.45) is 1.91. The fraction of sp³-hybridized carbons (Fsp3) is 0.190. The van der Waals surface area contributed by atoms with Gasteiger partial charge in [-0.15, -0.1) is 16.4 Å². The number of hydrogen-bond donors (Lipinski definition) is 2. The molecule has 0 radical (unpaired) electrons. The maximum absolute atomic E-state index is 13.1. The van der Waals surface area contributed by atoms with Crippen molar-refractivity contribution in [2.75, 3.05) is 6.26 Å². The number of nitrogens with one attached hydrogen (secondary N) is 2. The number of halogens is 1. The number of carbonyl (C=O) groups excluding carboxylic acids is 2. The molecule has 0 saturated heterocycles. The number of thioether (sulfide) groups is 1. The molecule has 0 aliphatic heterocycles. The molecule has 0 saturated carbocycles. The highest BCUT2D eigenvalue weighted by Crippen LogP contribution is 2.28. The Morgan fingerprint density at radius 2 is 1.84 bits per heavy atom. The summed E-state index contributed by atoms with van der Waals surface area (Å²) in [7, 11) is 0. The Bertz CT molecular complexity index is 1320. The molecule has 2 N–H and O–H groups in total. The Hall–Kier alpha value is -3.31. The van der Waals surface area contributed by atoms with Gasteiger partial charge in [0.1, 0.15) is 5.82 Å². The lowest BCUT2D eigenvalue weighted by atomic mass is 10.1. The molecule has 3 heterocycles. The smallest absolute Gasteiger partial charge is 0.273 e. The van der Waals surface area contributed by atoms with Gasteiger partial charge in [0, 0.05) is 21.8 Å². The molecule has 4 rings (SSSR count). The summed E-state index contributed by atoms with van der Waals surface area (Å²) in [4.78, 5) is 34.9. The molecule has 0 spiro atoms.